The molecule has 0 aliphatic carbocycles. The maximum absolute atomic E-state index is 12.5. The molecule has 10 heteroatoms. The van der Waals surface area contributed by atoms with E-state index >= 15 is 0 Å². The average Bonchev–Trinajstić information content (AvgIpc) is 2.80. The predicted molar refractivity (Wildman–Crippen MR) is 132 cm³/mol. The second-order valence-electron chi connectivity index (χ2n) is 8.19. The highest BCUT2D eigenvalue weighted by Crippen LogP contribution is 2.23. The fourth-order valence-corrected chi connectivity index (χ4v) is 3.60. The van der Waals surface area contributed by atoms with E-state index in [4.69, 9.17) is 5.11 Å². The minimum atomic E-state index is -0.518. The molecule has 2 aromatic rings. The molecule has 0 saturated carbocycles. The highest BCUT2D eigenvalue weighted by atomic mass is 16.3. The second kappa shape index (κ2) is 11.3. The Morgan fingerprint density at radius 2 is 2.03 bits per heavy atom. The first-order chi connectivity index (χ1) is 16.3. The van der Waals surface area contributed by atoms with Crippen molar-refractivity contribution in [2.24, 2.45) is 4.99 Å². The van der Waals surface area contributed by atoms with E-state index in [1.807, 2.05) is 13.0 Å². The number of aliphatic hydroxyl groups excluding tert-OH is 1. The van der Waals surface area contributed by atoms with Crippen LogP contribution >= 0.6 is 0 Å². The summed E-state index contributed by atoms with van der Waals surface area (Å²) in [7, 11) is 0. The Hall–Kier alpha value is -3.92. The van der Waals surface area contributed by atoms with Crippen LogP contribution in [0.1, 0.15) is 37.6 Å². The number of nitrogens with zero attached hydrogens (tertiary/aromatic N) is 2. The van der Waals surface area contributed by atoms with Crippen molar-refractivity contribution < 1.29 is 14.7 Å². The molecule has 0 bridgehead atoms. The van der Waals surface area contributed by atoms with Gasteiger partial charge in [0.15, 0.2) is 0 Å². The molecular formula is C24H30N6O4. The predicted octanol–water partition coefficient (Wildman–Crippen LogP) is 2.21. The number of amidine groups is 1. The fourth-order valence-electron chi connectivity index (χ4n) is 3.60. The summed E-state index contributed by atoms with van der Waals surface area (Å²) in [6.45, 7) is 6.51. The van der Waals surface area contributed by atoms with Gasteiger partial charge >= 0.3 is 6.03 Å². The highest BCUT2D eigenvalue weighted by Gasteiger charge is 2.18. The molecule has 3 rings (SSSR count). The second-order valence-corrected chi connectivity index (χ2v) is 8.19. The Labute approximate surface area is 197 Å². The first kappa shape index (κ1) is 24.7. The van der Waals surface area contributed by atoms with Gasteiger partial charge in [0, 0.05) is 49.2 Å². The van der Waals surface area contributed by atoms with Gasteiger partial charge in [0.1, 0.15) is 5.84 Å². The Morgan fingerprint density at radius 3 is 2.74 bits per heavy atom. The molecule has 0 spiro atoms. The minimum Gasteiger partial charge on any atom is -0.394 e. The number of aliphatic imine (C=N–C) groups is 1. The number of aromatic nitrogens is 1. The Balaban J connectivity index is 1.64. The Bertz CT molecular complexity index is 1170. The minimum absolute atomic E-state index is 0.143. The van der Waals surface area contributed by atoms with Gasteiger partial charge in [-0.25, -0.2) is 9.79 Å². The summed E-state index contributed by atoms with van der Waals surface area (Å²) in [5.41, 5.74) is 3.28. The summed E-state index contributed by atoms with van der Waals surface area (Å²) in [5.74, 6) is 0.0306. The van der Waals surface area contributed by atoms with Gasteiger partial charge in [-0.1, -0.05) is 12.1 Å². The molecule has 0 saturated heterocycles. The number of anilines is 2. The number of pyridine rings is 1. The number of carbonyl (C=O) groups excluding carboxylic acids is 2. The lowest BCUT2D eigenvalue weighted by Crippen LogP contribution is -2.37. The van der Waals surface area contributed by atoms with Crippen LogP contribution in [0, 0.1) is 0 Å². The topological polar surface area (TPSA) is 139 Å². The number of rotatable bonds is 6. The molecular weight excluding hydrogens is 436 g/mol. The molecule has 5 N–H and O–H groups in total. The lowest BCUT2D eigenvalue weighted by Gasteiger charge is -2.30. The van der Waals surface area contributed by atoms with Crippen LogP contribution in [0.5, 0.6) is 0 Å². The first-order valence-electron chi connectivity index (χ1n) is 11.0. The number of aromatic amines is 1. The SMILES string of the molecule is CC1=C(/N=C(\C)NC(=O)Nc2ccccc2C(=O)N[C@@H](C)CO)CCN(c2cc[nH]c(=O)c2)C1. The number of nitrogens with one attached hydrogen (secondary N) is 4. The van der Waals surface area contributed by atoms with Crippen molar-refractivity contribution in [3.05, 3.63) is 69.8 Å². The summed E-state index contributed by atoms with van der Waals surface area (Å²) in [5, 5.41) is 17.2. The normalized spacial score (nSPS) is 15.1. The van der Waals surface area contributed by atoms with Crippen molar-refractivity contribution in [1.82, 2.24) is 15.6 Å². The van der Waals surface area contributed by atoms with Crippen LogP contribution in [-0.2, 0) is 0 Å². The number of urea groups is 1. The molecule has 1 aliphatic rings. The van der Waals surface area contributed by atoms with Crippen molar-refractivity contribution in [3.63, 3.8) is 0 Å². The molecule has 1 aliphatic heterocycles. The third-order valence-corrected chi connectivity index (χ3v) is 5.33. The molecule has 34 heavy (non-hydrogen) atoms. The molecule has 0 radical (unpaired) electrons. The molecule has 0 unspecified atom stereocenters. The molecule has 3 amide bonds. The van der Waals surface area contributed by atoms with Crippen molar-refractivity contribution >= 4 is 29.1 Å². The monoisotopic (exact) mass is 466 g/mol. The van der Waals surface area contributed by atoms with Gasteiger partial charge in [-0.15, -0.1) is 0 Å². The number of carbonyl (C=O) groups is 2. The number of amides is 3. The van der Waals surface area contributed by atoms with Crippen molar-refractivity contribution in [1.29, 1.82) is 0 Å². The number of benzene rings is 1. The van der Waals surface area contributed by atoms with Gasteiger partial charge in [-0.05, 0) is 44.5 Å². The zero-order valence-electron chi connectivity index (χ0n) is 19.5. The quantitative estimate of drug-likeness (QED) is 0.328. The van der Waals surface area contributed by atoms with Crippen molar-refractivity contribution in [3.8, 4) is 0 Å². The van der Waals surface area contributed by atoms with Gasteiger partial charge in [0.05, 0.1) is 17.9 Å². The number of hydrogen-bond donors (Lipinski definition) is 5. The molecule has 10 nitrogen and oxygen atoms in total. The van der Waals surface area contributed by atoms with E-state index in [0.717, 1.165) is 17.0 Å². The maximum atomic E-state index is 12.5. The van der Waals surface area contributed by atoms with Gasteiger partial charge in [-0.2, -0.15) is 0 Å². The van der Waals surface area contributed by atoms with E-state index in [1.165, 1.54) is 0 Å². The van der Waals surface area contributed by atoms with Crippen LogP contribution in [0.2, 0.25) is 0 Å². The average molecular weight is 467 g/mol. The Kier molecular flexibility index (Phi) is 8.20. The van der Waals surface area contributed by atoms with Crippen LogP contribution in [0.3, 0.4) is 0 Å². The maximum Gasteiger partial charge on any atom is 0.324 e. The van der Waals surface area contributed by atoms with Gasteiger partial charge in [-0.3, -0.25) is 14.9 Å². The van der Waals surface area contributed by atoms with Crippen LogP contribution < -0.4 is 26.4 Å². The van der Waals surface area contributed by atoms with Crippen molar-refractivity contribution in [2.45, 2.75) is 33.2 Å². The standard InChI is InChI=1S/C24H30N6O4/c1-15-13-30(18-8-10-25-22(32)12-18)11-9-20(15)27-17(3)28-24(34)29-21-7-5-4-6-19(21)23(33)26-16(2)14-31/h4-8,10,12,16,31H,9,11,13-14H2,1-3H3,(H,25,32)(H,26,33)(H2,27,28,29,34)/t16-/m0/s1. The fraction of sp³-hybridized carbons (Fsp3) is 0.333. The van der Waals surface area contributed by atoms with Crippen LogP contribution in [0.4, 0.5) is 16.2 Å². The smallest absolute Gasteiger partial charge is 0.324 e. The zero-order valence-corrected chi connectivity index (χ0v) is 19.5. The lowest BCUT2D eigenvalue weighted by molar-refractivity contribution is 0.0923. The molecule has 180 valence electrons. The largest absolute Gasteiger partial charge is 0.394 e. The van der Waals surface area contributed by atoms with E-state index in [-0.39, 0.29) is 12.2 Å². The highest BCUT2D eigenvalue weighted by molar-refractivity contribution is 6.07. The molecule has 2 heterocycles. The lowest BCUT2D eigenvalue weighted by atomic mass is 10.1. The van der Waals surface area contributed by atoms with Gasteiger partial charge in [0.25, 0.3) is 5.91 Å². The van der Waals surface area contributed by atoms with Crippen LogP contribution in [-0.4, -0.2) is 53.6 Å². The van der Waals surface area contributed by atoms with Crippen LogP contribution in [0.25, 0.3) is 0 Å². The number of aliphatic hydroxyl groups is 1. The summed E-state index contributed by atoms with van der Waals surface area (Å²) in [4.78, 5) is 45.9. The van der Waals surface area contributed by atoms with Gasteiger partial charge in [0.2, 0.25) is 5.56 Å². The van der Waals surface area contributed by atoms with E-state index < -0.39 is 18.0 Å². The molecule has 1 aromatic heterocycles. The number of hydrogen-bond acceptors (Lipinski definition) is 6. The summed E-state index contributed by atoms with van der Waals surface area (Å²) in [6, 6.07) is 9.14. The van der Waals surface area contributed by atoms with E-state index in [2.05, 4.69) is 30.8 Å². The third kappa shape index (κ3) is 6.55. The molecule has 1 atom stereocenters. The van der Waals surface area contributed by atoms with E-state index in [9.17, 15) is 14.4 Å². The van der Waals surface area contributed by atoms with Crippen LogP contribution in [0.15, 0.2) is 63.7 Å². The Morgan fingerprint density at radius 1 is 1.26 bits per heavy atom. The van der Waals surface area contributed by atoms with E-state index in [0.29, 0.717) is 36.6 Å². The zero-order chi connectivity index (χ0) is 24.7. The summed E-state index contributed by atoms with van der Waals surface area (Å²) >= 11 is 0. The molecule has 0 fully saturated rings. The van der Waals surface area contributed by atoms with E-state index in [1.54, 1.807) is 50.4 Å². The number of H-pyrrole nitrogens is 1. The van der Waals surface area contributed by atoms with Gasteiger partial charge < -0.3 is 25.6 Å². The number of para-hydroxylation sites is 1. The summed E-state index contributed by atoms with van der Waals surface area (Å²) in [6.07, 6.45) is 2.30. The summed E-state index contributed by atoms with van der Waals surface area (Å²) < 4.78 is 0. The first-order valence-corrected chi connectivity index (χ1v) is 11.0. The molecule has 1 aromatic carbocycles. The van der Waals surface area contributed by atoms with Crippen molar-refractivity contribution in [2.75, 3.05) is 29.9 Å². The third-order valence-electron chi connectivity index (χ3n) is 5.33.